The molecule has 0 aromatic heterocycles. The predicted octanol–water partition coefficient (Wildman–Crippen LogP) is 1.67. The van der Waals surface area contributed by atoms with Gasteiger partial charge in [0.2, 0.25) is 21.9 Å². The molecule has 1 heterocycles. The maximum atomic E-state index is 13.2. The van der Waals surface area contributed by atoms with Crippen LogP contribution in [0.5, 0.6) is 5.75 Å². The van der Waals surface area contributed by atoms with E-state index in [1.54, 1.807) is 4.90 Å². The van der Waals surface area contributed by atoms with Crippen molar-refractivity contribution in [3.8, 4) is 5.75 Å². The minimum Gasteiger partial charge on any atom is -0.506 e. The highest BCUT2D eigenvalue weighted by Crippen LogP contribution is 2.43. The van der Waals surface area contributed by atoms with E-state index in [0.29, 0.717) is 12.8 Å². The summed E-state index contributed by atoms with van der Waals surface area (Å²) in [6.45, 7) is 0. The lowest BCUT2D eigenvalue weighted by atomic mass is 9.87. The van der Waals surface area contributed by atoms with Gasteiger partial charge in [0, 0.05) is 0 Å². The van der Waals surface area contributed by atoms with Crippen LogP contribution >= 0.6 is 0 Å². The molecule has 14 heteroatoms. The molecule has 2 aliphatic rings. The molecule has 1 aliphatic heterocycles. The van der Waals surface area contributed by atoms with Crippen molar-refractivity contribution in [3.05, 3.63) is 42.5 Å². The Morgan fingerprint density at radius 2 is 1.63 bits per heavy atom. The van der Waals surface area contributed by atoms with E-state index in [0.717, 1.165) is 25.5 Å². The monoisotopic (exact) mass is 521 g/mol. The molecule has 0 radical (unpaired) electrons. The van der Waals surface area contributed by atoms with Crippen molar-refractivity contribution in [2.45, 2.75) is 42.7 Å². The van der Waals surface area contributed by atoms with E-state index in [2.05, 4.69) is 19.4 Å². The fraction of sp³-hybridized carbons (Fsp3) is 0.333. The highest BCUT2D eigenvalue weighted by Gasteiger charge is 2.43. The molecule has 1 spiro atoms. The summed E-state index contributed by atoms with van der Waals surface area (Å²) in [7, 11) is -7.67. The fourth-order valence-electron chi connectivity index (χ4n) is 4.39. The Balaban J connectivity index is 1.70. The van der Waals surface area contributed by atoms with Crippen LogP contribution in [0, 0.1) is 0 Å². The Morgan fingerprint density at radius 3 is 2.29 bits per heavy atom. The first-order valence-electron chi connectivity index (χ1n) is 10.8. The van der Waals surface area contributed by atoms with Gasteiger partial charge < -0.3 is 16.6 Å². The maximum Gasteiger partial charge on any atom is 0.261 e. The Hall–Kier alpha value is -3.52. The lowest BCUT2D eigenvalue weighted by Gasteiger charge is -2.45. The van der Waals surface area contributed by atoms with Gasteiger partial charge in [-0.05, 0) is 62.1 Å². The van der Waals surface area contributed by atoms with Gasteiger partial charge >= 0.3 is 0 Å². The second kappa shape index (κ2) is 8.92. The number of sulfonamides is 2. The molecular formula is C21H27N7O5S2. The molecule has 2 aromatic rings. The van der Waals surface area contributed by atoms with Gasteiger partial charge in [-0.3, -0.25) is 14.3 Å². The molecule has 0 bridgehead atoms. The second-order valence-corrected chi connectivity index (χ2v) is 12.0. The van der Waals surface area contributed by atoms with Gasteiger partial charge in [0.15, 0.2) is 0 Å². The van der Waals surface area contributed by atoms with E-state index in [9.17, 15) is 21.9 Å². The topological polar surface area (TPSA) is 193 Å². The minimum atomic E-state index is -4.13. The highest BCUT2D eigenvalue weighted by molar-refractivity contribution is 7.92. The molecule has 0 saturated heterocycles. The number of rotatable bonds is 6. The zero-order valence-corrected chi connectivity index (χ0v) is 20.6. The van der Waals surface area contributed by atoms with Gasteiger partial charge in [-0.1, -0.05) is 12.5 Å². The number of benzene rings is 2. The summed E-state index contributed by atoms with van der Waals surface area (Å²) in [4.78, 5) is 9.99. The number of anilines is 3. The van der Waals surface area contributed by atoms with Gasteiger partial charge in [0.05, 0.1) is 28.2 Å². The van der Waals surface area contributed by atoms with Gasteiger partial charge in [-0.2, -0.15) is 4.99 Å². The molecule has 7 N–H and O–H groups in total. The van der Waals surface area contributed by atoms with Crippen LogP contribution in [0.1, 0.15) is 32.1 Å². The number of nitrogens with zero attached hydrogens (tertiary/aromatic N) is 3. The quantitative estimate of drug-likeness (QED) is 0.379. The van der Waals surface area contributed by atoms with Crippen LogP contribution in [-0.4, -0.2) is 45.8 Å². The number of guanidine groups is 2. The maximum absolute atomic E-state index is 13.2. The molecule has 2 aromatic carbocycles. The predicted molar refractivity (Wildman–Crippen MR) is 135 cm³/mol. The third-order valence-corrected chi connectivity index (χ3v) is 7.75. The van der Waals surface area contributed by atoms with Crippen molar-refractivity contribution in [3.63, 3.8) is 0 Å². The number of nitrogens with one attached hydrogen (secondary N) is 2. The Morgan fingerprint density at radius 1 is 0.971 bits per heavy atom. The Kier molecular flexibility index (Phi) is 6.27. The van der Waals surface area contributed by atoms with Gasteiger partial charge in [0.25, 0.3) is 10.0 Å². The first kappa shape index (κ1) is 24.6. The van der Waals surface area contributed by atoms with Gasteiger partial charge in [-0.25, -0.2) is 21.8 Å². The number of phenols is 1. The van der Waals surface area contributed by atoms with Crippen LogP contribution in [0.25, 0.3) is 0 Å². The number of aliphatic imine (C=N–C) groups is 2. The molecule has 0 atom stereocenters. The van der Waals surface area contributed by atoms with Crippen molar-refractivity contribution < 1.29 is 21.9 Å². The van der Waals surface area contributed by atoms with E-state index in [1.165, 1.54) is 42.5 Å². The smallest absolute Gasteiger partial charge is 0.261 e. The molecule has 1 fully saturated rings. The van der Waals surface area contributed by atoms with E-state index < -0.39 is 25.7 Å². The van der Waals surface area contributed by atoms with Crippen molar-refractivity contribution in [1.29, 1.82) is 0 Å². The zero-order valence-electron chi connectivity index (χ0n) is 19.0. The first-order chi connectivity index (χ1) is 16.4. The lowest BCUT2D eigenvalue weighted by Crippen LogP contribution is -2.58. The number of nitrogens with two attached hydrogens (primary N) is 2. The minimum absolute atomic E-state index is 0.0109. The standard InChI is InChI=1S/C21H27N7O5S2/c1-34(30,31)26-14-6-5-7-15(12-14)27-35(32,33)16-8-9-18(29)17(13-16)28-20(23)24-19(22)25-21(28)10-3-2-4-11-21/h5-9,12-13,26-27,29H,2-4,10-11H2,1H3,(H4,22,23,24,25). The number of hydrogen-bond acceptors (Lipinski definition) is 10. The summed E-state index contributed by atoms with van der Waals surface area (Å²) < 4.78 is 54.1. The summed E-state index contributed by atoms with van der Waals surface area (Å²) in [5.41, 5.74) is 11.7. The first-order valence-corrected chi connectivity index (χ1v) is 14.2. The average Bonchev–Trinajstić information content (AvgIpc) is 2.73. The lowest BCUT2D eigenvalue weighted by molar-refractivity contribution is 0.303. The molecule has 4 rings (SSSR count). The van der Waals surface area contributed by atoms with Crippen LogP contribution in [0.4, 0.5) is 17.1 Å². The molecule has 1 saturated carbocycles. The summed E-state index contributed by atoms with van der Waals surface area (Å²) in [6.07, 6.45) is 4.95. The van der Waals surface area contributed by atoms with Crippen molar-refractivity contribution in [2.24, 2.45) is 21.5 Å². The number of aromatic hydroxyl groups is 1. The number of phenolic OH excluding ortho intramolecular Hbond substituents is 1. The second-order valence-electron chi connectivity index (χ2n) is 8.53. The SMILES string of the molecule is CS(=O)(=O)Nc1cccc(NS(=O)(=O)c2ccc(O)c(N3C(N)=NC(N)=NC34CCCCC4)c2)c1. The van der Waals surface area contributed by atoms with Gasteiger partial charge in [0.1, 0.15) is 11.4 Å². The van der Waals surface area contributed by atoms with Crippen LogP contribution in [0.3, 0.4) is 0 Å². The normalized spacial score (nSPS) is 18.0. The van der Waals surface area contributed by atoms with E-state index in [1.807, 2.05) is 0 Å². The molecule has 1 aliphatic carbocycles. The van der Waals surface area contributed by atoms with Crippen molar-refractivity contribution >= 4 is 49.0 Å². The van der Waals surface area contributed by atoms with Crippen molar-refractivity contribution in [2.75, 3.05) is 20.6 Å². The van der Waals surface area contributed by atoms with Crippen LogP contribution in [0.2, 0.25) is 0 Å². The zero-order chi connectivity index (χ0) is 25.4. The van der Waals surface area contributed by atoms with Crippen LogP contribution in [-0.2, 0) is 20.0 Å². The summed E-state index contributed by atoms with van der Waals surface area (Å²) >= 11 is 0. The van der Waals surface area contributed by atoms with Gasteiger partial charge in [-0.15, -0.1) is 0 Å². The van der Waals surface area contributed by atoms with Crippen LogP contribution in [0.15, 0.2) is 57.3 Å². The van der Waals surface area contributed by atoms with E-state index in [-0.39, 0.29) is 39.6 Å². The summed E-state index contributed by atoms with van der Waals surface area (Å²) in [6, 6.07) is 9.64. The number of hydrogen-bond donors (Lipinski definition) is 5. The molecule has 0 amide bonds. The summed E-state index contributed by atoms with van der Waals surface area (Å²) in [5.74, 6) is -0.146. The molecule has 0 unspecified atom stereocenters. The van der Waals surface area contributed by atoms with Crippen molar-refractivity contribution in [1.82, 2.24) is 0 Å². The van der Waals surface area contributed by atoms with Crippen LogP contribution < -0.4 is 25.8 Å². The molecule has 35 heavy (non-hydrogen) atoms. The molecular weight excluding hydrogens is 494 g/mol. The highest BCUT2D eigenvalue weighted by atomic mass is 32.2. The average molecular weight is 522 g/mol. The Bertz CT molecular complexity index is 1420. The van der Waals surface area contributed by atoms with E-state index >= 15 is 0 Å². The van der Waals surface area contributed by atoms with E-state index in [4.69, 9.17) is 11.5 Å². The Labute approximate surface area is 203 Å². The third kappa shape index (κ3) is 5.27. The summed E-state index contributed by atoms with van der Waals surface area (Å²) in [5, 5.41) is 10.7. The fourth-order valence-corrected chi connectivity index (χ4v) is 6.02. The largest absolute Gasteiger partial charge is 0.506 e. The molecule has 188 valence electrons. The molecule has 12 nitrogen and oxygen atoms in total. The third-order valence-electron chi connectivity index (χ3n) is 5.77.